The number of nitrogens with zero attached hydrogens (tertiary/aromatic N) is 2. The van der Waals surface area contributed by atoms with Gasteiger partial charge in [0.05, 0.1) is 17.1 Å². The molecule has 3 heteroatoms. The van der Waals surface area contributed by atoms with Gasteiger partial charge in [0.25, 0.3) is 0 Å². The molecule has 484 valence electrons. The molecule has 2 aromatic rings. The molecule has 2 rings (SSSR count). The Morgan fingerprint density at radius 1 is 0.241 bits per heavy atom. The fraction of sp³-hybridized carbons (Fsp3) is 0.825. The largest absolute Gasteiger partial charge is 0.255 e. The van der Waals surface area contributed by atoms with Crippen molar-refractivity contribution in [3.05, 3.63) is 59.7 Å². The maximum atomic E-state index is 5.16. The normalized spacial score (nSPS) is 11.9. The molecular weight excluding hydrogens is 1050 g/mol. The zero-order valence-corrected chi connectivity index (χ0v) is 57.4. The molecule has 0 aliphatic carbocycles. The van der Waals surface area contributed by atoms with Gasteiger partial charge in [0.2, 0.25) is 0 Å². The molecule has 0 aliphatic rings. The number of aryl methyl sites for hydroxylation is 2. The molecule has 0 radical (unpaired) electrons. The molecule has 2 nitrogen and oxygen atoms in total. The van der Waals surface area contributed by atoms with Crippen molar-refractivity contribution >= 4 is 23.3 Å². The van der Waals surface area contributed by atoms with Gasteiger partial charge in [-0.25, -0.2) is 0 Å². The molecule has 0 unspecified atom stereocenters. The van der Waals surface area contributed by atoms with Crippen LogP contribution in [-0.4, -0.2) is 11.9 Å². The molecular formula is C80H144N2Ni. The second-order valence-electron chi connectivity index (χ2n) is 26.6. The van der Waals surface area contributed by atoms with E-state index in [1.165, 1.54) is 409 Å². The van der Waals surface area contributed by atoms with Gasteiger partial charge in [-0.2, -0.15) is 0 Å². The minimum absolute atomic E-state index is 0. The Hall–Kier alpha value is -1.73. The smallest absolute Gasteiger partial charge is 0.0633 e. The van der Waals surface area contributed by atoms with Gasteiger partial charge in [-0.3, -0.25) is 9.98 Å². The Balaban J connectivity index is 0.0000344. The van der Waals surface area contributed by atoms with Crippen LogP contribution in [0.5, 0.6) is 0 Å². The van der Waals surface area contributed by atoms with Crippen molar-refractivity contribution < 1.29 is 16.5 Å². The van der Waals surface area contributed by atoms with Crippen LogP contribution in [0.3, 0.4) is 0 Å². The molecule has 2 aromatic carbocycles. The summed E-state index contributed by atoms with van der Waals surface area (Å²) >= 11 is 0. The summed E-state index contributed by atoms with van der Waals surface area (Å²) in [6.07, 6.45) is 91.5. The first kappa shape index (κ1) is 79.3. The fourth-order valence-corrected chi connectivity index (χ4v) is 12.7. The van der Waals surface area contributed by atoms with E-state index in [1.54, 1.807) is 0 Å². The zero-order valence-electron chi connectivity index (χ0n) is 56.5. The van der Waals surface area contributed by atoms with Gasteiger partial charge in [0, 0.05) is 22.7 Å². The third-order valence-electron chi connectivity index (χ3n) is 18.4. The van der Waals surface area contributed by atoms with Gasteiger partial charge in [0.1, 0.15) is 0 Å². The van der Waals surface area contributed by atoms with Crippen molar-refractivity contribution in [2.45, 2.75) is 425 Å². The maximum absolute atomic E-state index is 5.16. The Morgan fingerprint density at radius 3 is 0.663 bits per heavy atom. The molecule has 0 spiro atoms. The van der Waals surface area contributed by atoms with E-state index >= 15 is 0 Å². The molecule has 0 fully saturated rings. The summed E-state index contributed by atoms with van der Waals surface area (Å²) in [4.78, 5) is 10.1. The number of rotatable bonds is 66. The Bertz CT molecular complexity index is 1590. The number of aliphatic imine (C=N–C) groups is 2. The average molecular weight is 1190 g/mol. The van der Waals surface area contributed by atoms with E-state index in [4.69, 9.17) is 9.98 Å². The van der Waals surface area contributed by atoms with Gasteiger partial charge in [-0.15, -0.1) is 0 Å². The van der Waals surface area contributed by atoms with Crippen LogP contribution in [0.25, 0.3) is 0 Å². The van der Waals surface area contributed by atoms with Crippen LogP contribution >= 0.6 is 0 Å². The Labute approximate surface area is 531 Å². The van der Waals surface area contributed by atoms with Crippen molar-refractivity contribution in [1.29, 1.82) is 0 Å². The minimum Gasteiger partial charge on any atom is -0.255 e. The second kappa shape index (κ2) is 66.2. The van der Waals surface area contributed by atoms with E-state index in [1.807, 2.05) is 0 Å². The van der Waals surface area contributed by atoms with Gasteiger partial charge in [-0.1, -0.05) is 411 Å². The van der Waals surface area contributed by atoms with Crippen LogP contribution in [-0.2, 0) is 29.3 Å². The van der Waals surface area contributed by atoms with Crippen LogP contribution in [0.4, 0.5) is 11.4 Å². The maximum Gasteiger partial charge on any atom is 0.0633 e. The van der Waals surface area contributed by atoms with E-state index in [0.29, 0.717) is 0 Å². The van der Waals surface area contributed by atoms with Gasteiger partial charge < -0.3 is 0 Å². The van der Waals surface area contributed by atoms with Crippen molar-refractivity contribution in [3.8, 4) is 0 Å². The first-order valence-corrected chi connectivity index (χ1v) is 38.0. The molecule has 0 saturated heterocycles. The van der Waals surface area contributed by atoms with E-state index < -0.39 is 0 Å². The summed E-state index contributed by atoms with van der Waals surface area (Å²) in [7, 11) is 0. The molecule has 0 saturated carbocycles. The summed E-state index contributed by atoms with van der Waals surface area (Å²) in [6, 6.07) is 18.2. The van der Waals surface area contributed by atoms with Gasteiger partial charge in [0.15, 0.2) is 0 Å². The third-order valence-corrected chi connectivity index (χ3v) is 18.4. The molecule has 0 bridgehead atoms. The van der Waals surface area contributed by atoms with Crippen LogP contribution in [0.1, 0.15) is 424 Å². The molecule has 0 atom stereocenters. The summed E-state index contributed by atoms with van der Waals surface area (Å²) in [6.45, 7) is 6.93. The quantitative estimate of drug-likeness (QED) is 0.0358. The SMILES string of the molecule is CCCCCCCCCCCCCCCCCCCCCCCCCCCCCc1ccc(/N=C/C(CCCCCCCC)=N/c2ccc(CCCCCCCCCCCCCCCCCCCCCCCCCCCCC)cc2)cc1.[Ni]. The number of benzene rings is 2. The minimum atomic E-state index is 0. The second-order valence-corrected chi connectivity index (χ2v) is 26.6. The zero-order chi connectivity index (χ0) is 58.2. The van der Waals surface area contributed by atoms with E-state index in [2.05, 4.69) is 75.5 Å². The van der Waals surface area contributed by atoms with Crippen molar-refractivity contribution in [1.82, 2.24) is 0 Å². The Kier molecular flexibility index (Phi) is 63.3. The summed E-state index contributed by atoms with van der Waals surface area (Å²) in [5.74, 6) is 0. The first-order valence-electron chi connectivity index (χ1n) is 38.0. The van der Waals surface area contributed by atoms with Gasteiger partial charge >= 0.3 is 0 Å². The number of hydrogen-bond acceptors (Lipinski definition) is 2. The molecule has 0 N–H and O–H groups in total. The summed E-state index contributed by atoms with van der Waals surface area (Å²) < 4.78 is 0. The van der Waals surface area contributed by atoms with Crippen LogP contribution in [0.2, 0.25) is 0 Å². The predicted molar refractivity (Wildman–Crippen MR) is 374 cm³/mol. The summed E-state index contributed by atoms with van der Waals surface area (Å²) in [5.41, 5.74) is 6.12. The van der Waals surface area contributed by atoms with E-state index in [-0.39, 0.29) is 16.5 Å². The molecule has 0 amide bonds. The molecule has 0 heterocycles. The van der Waals surface area contributed by atoms with Crippen LogP contribution in [0.15, 0.2) is 58.5 Å². The van der Waals surface area contributed by atoms with Crippen LogP contribution < -0.4 is 0 Å². The van der Waals surface area contributed by atoms with E-state index in [0.717, 1.165) is 23.5 Å². The van der Waals surface area contributed by atoms with Crippen molar-refractivity contribution in [3.63, 3.8) is 0 Å². The predicted octanol–water partition coefficient (Wildman–Crippen LogP) is 29.1. The van der Waals surface area contributed by atoms with Crippen molar-refractivity contribution in [2.24, 2.45) is 9.98 Å². The molecule has 83 heavy (non-hydrogen) atoms. The number of hydrogen-bond donors (Lipinski definition) is 0. The van der Waals surface area contributed by atoms with Gasteiger partial charge in [-0.05, 0) is 73.9 Å². The Morgan fingerprint density at radius 2 is 0.434 bits per heavy atom. The standard InChI is InChI=1S/C80H144N2.Ni/c1-4-7-10-13-16-18-20-22-24-26-28-30-32-34-36-38-40-42-44-46-48-50-52-54-56-58-61-64-76-67-71-78(72-68-76)81-75-80(66-63-60-15-12-9-6-3)82-79-73-69-77(70-74-79)65-62-59-57-55-53-51-49-47-45-43-41-39-37-35-33-31-29-27-25-23-21-19-17-14-11-8-5-2;/h67-75H,4-66H2,1-3H3;/b81-75+,82-80+;. The molecule has 0 aliphatic heterocycles. The third kappa shape index (κ3) is 56.5. The summed E-state index contributed by atoms with van der Waals surface area (Å²) in [5, 5.41) is 0. The van der Waals surface area contributed by atoms with Crippen LogP contribution in [0, 0.1) is 0 Å². The fourth-order valence-electron chi connectivity index (χ4n) is 12.7. The average Bonchev–Trinajstić information content (AvgIpc) is 3.54. The number of unbranched alkanes of at least 4 members (excludes halogenated alkanes) is 57. The van der Waals surface area contributed by atoms with Crippen molar-refractivity contribution in [2.75, 3.05) is 0 Å². The molecule has 0 aromatic heterocycles. The van der Waals surface area contributed by atoms with E-state index in [9.17, 15) is 0 Å². The topological polar surface area (TPSA) is 24.7 Å². The monoisotopic (exact) mass is 1190 g/mol. The first-order chi connectivity index (χ1) is 40.7.